The van der Waals surface area contributed by atoms with Crippen LogP contribution in [-0.2, 0) is 6.54 Å². The van der Waals surface area contributed by atoms with E-state index in [1.807, 2.05) is 0 Å². The zero-order chi connectivity index (χ0) is 10.7. The second-order valence-electron chi connectivity index (χ2n) is 2.46. The fourth-order valence-electron chi connectivity index (χ4n) is 0.803. The molecular formula is C6H6F3N3O2. The van der Waals surface area contributed by atoms with Crippen LogP contribution in [0.2, 0.25) is 0 Å². The lowest BCUT2D eigenvalue weighted by molar-refractivity contribution is 0.0368. The van der Waals surface area contributed by atoms with E-state index >= 15 is 0 Å². The Kier molecular flexibility index (Phi) is 3.05. The highest BCUT2D eigenvalue weighted by Gasteiger charge is 2.22. The topological polar surface area (TPSA) is 68.0 Å². The first-order valence-electron chi connectivity index (χ1n) is 3.56. The SMILES string of the molecule is O=C(O)c1cnnn1CC(F)C(F)F. The molecule has 8 heteroatoms. The number of aromatic carboxylic acids is 1. The van der Waals surface area contributed by atoms with E-state index in [9.17, 15) is 18.0 Å². The minimum atomic E-state index is -3.17. The molecule has 0 radical (unpaired) electrons. The van der Waals surface area contributed by atoms with E-state index in [0.717, 1.165) is 6.20 Å². The summed E-state index contributed by atoms with van der Waals surface area (Å²) in [7, 11) is 0. The van der Waals surface area contributed by atoms with Gasteiger partial charge in [0, 0.05) is 0 Å². The number of hydrogen-bond acceptors (Lipinski definition) is 3. The van der Waals surface area contributed by atoms with Crippen LogP contribution >= 0.6 is 0 Å². The lowest BCUT2D eigenvalue weighted by Gasteiger charge is -2.07. The van der Waals surface area contributed by atoms with Gasteiger partial charge in [0.2, 0.25) is 0 Å². The summed E-state index contributed by atoms with van der Waals surface area (Å²) in [4.78, 5) is 10.4. The van der Waals surface area contributed by atoms with Gasteiger partial charge in [0.15, 0.2) is 11.9 Å². The molecule has 0 aromatic carbocycles. The summed E-state index contributed by atoms with van der Waals surface area (Å²) in [6.45, 7) is -0.820. The van der Waals surface area contributed by atoms with Gasteiger partial charge in [-0.05, 0) is 0 Å². The molecule has 0 aliphatic rings. The number of aromatic nitrogens is 3. The van der Waals surface area contributed by atoms with Gasteiger partial charge >= 0.3 is 5.97 Å². The third-order valence-electron chi connectivity index (χ3n) is 1.46. The third-order valence-corrected chi connectivity index (χ3v) is 1.46. The summed E-state index contributed by atoms with van der Waals surface area (Å²) in [6, 6.07) is 0. The minimum absolute atomic E-state index is 0.423. The second-order valence-corrected chi connectivity index (χ2v) is 2.46. The molecule has 0 bridgehead atoms. The molecule has 0 aliphatic carbocycles. The largest absolute Gasteiger partial charge is 0.476 e. The van der Waals surface area contributed by atoms with Crippen LogP contribution in [0.4, 0.5) is 13.2 Å². The van der Waals surface area contributed by atoms with Crippen LogP contribution in [0.3, 0.4) is 0 Å². The van der Waals surface area contributed by atoms with Crippen molar-refractivity contribution in [1.82, 2.24) is 15.0 Å². The van der Waals surface area contributed by atoms with Crippen molar-refractivity contribution in [2.24, 2.45) is 0 Å². The molecule has 0 aliphatic heterocycles. The molecule has 14 heavy (non-hydrogen) atoms. The predicted octanol–water partition coefficient (Wildman–Crippen LogP) is 0.579. The molecule has 1 unspecified atom stereocenters. The highest BCUT2D eigenvalue weighted by Crippen LogP contribution is 2.08. The first kappa shape index (κ1) is 10.5. The van der Waals surface area contributed by atoms with Crippen LogP contribution in [0.5, 0.6) is 0 Å². The molecule has 1 rings (SSSR count). The quantitative estimate of drug-likeness (QED) is 0.787. The highest BCUT2D eigenvalue weighted by molar-refractivity contribution is 5.85. The van der Waals surface area contributed by atoms with E-state index in [1.165, 1.54) is 0 Å². The summed E-state index contributed by atoms with van der Waals surface area (Å²) in [5, 5.41) is 14.8. The van der Waals surface area contributed by atoms with Gasteiger partial charge in [-0.25, -0.2) is 22.6 Å². The van der Waals surface area contributed by atoms with Crippen molar-refractivity contribution < 1.29 is 23.1 Å². The van der Waals surface area contributed by atoms with Crippen molar-refractivity contribution in [2.75, 3.05) is 0 Å². The zero-order valence-corrected chi connectivity index (χ0v) is 6.77. The summed E-state index contributed by atoms with van der Waals surface area (Å²) < 4.78 is 36.6. The molecule has 5 nitrogen and oxygen atoms in total. The Morgan fingerprint density at radius 2 is 2.21 bits per heavy atom. The van der Waals surface area contributed by atoms with Gasteiger partial charge in [-0.2, -0.15) is 0 Å². The molecule has 0 saturated heterocycles. The first-order chi connectivity index (χ1) is 6.52. The highest BCUT2D eigenvalue weighted by atomic mass is 19.3. The number of nitrogens with zero attached hydrogens (tertiary/aromatic N) is 3. The maximum Gasteiger partial charge on any atom is 0.355 e. The Hall–Kier alpha value is -1.60. The summed E-state index contributed by atoms with van der Waals surface area (Å²) >= 11 is 0. The first-order valence-corrected chi connectivity index (χ1v) is 3.56. The van der Waals surface area contributed by atoms with E-state index in [4.69, 9.17) is 5.11 Å². The molecule has 1 atom stereocenters. The standard InChI is InChI=1S/C6H6F3N3O2/c7-3(5(8)9)2-12-4(6(13)14)1-10-11-12/h1,3,5H,2H2,(H,13,14). The van der Waals surface area contributed by atoms with Crippen LogP contribution in [0.1, 0.15) is 10.5 Å². The molecule has 1 N–H and O–H groups in total. The van der Waals surface area contributed by atoms with Crippen LogP contribution in [-0.4, -0.2) is 38.7 Å². The van der Waals surface area contributed by atoms with Crippen molar-refractivity contribution >= 4 is 5.97 Å². The molecule has 0 saturated carbocycles. The molecule has 0 fully saturated rings. The van der Waals surface area contributed by atoms with Crippen molar-refractivity contribution in [3.8, 4) is 0 Å². The van der Waals surface area contributed by atoms with Gasteiger partial charge in [0.1, 0.15) is 0 Å². The van der Waals surface area contributed by atoms with Crippen LogP contribution < -0.4 is 0 Å². The average Bonchev–Trinajstić information content (AvgIpc) is 2.52. The summed E-state index contributed by atoms with van der Waals surface area (Å²) in [5.74, 6) is -1.39. The normalized spacial score (nSPS) is 13.1. The number of halogens is 3. The van der Waals surface area contributed by atoms with Gasteiger partial charge in [0.05, 0.1) is 12.7 Å². The molecule has 1 aromatic rings. The number of carbonyl (C=O) groups is 1. The zero-order valence-electron chi connectivity index (χ0n) is 6.77. The van der Waals surface area contributed by atoms with Crippen LogP contribution in [0.25, 0.3) is 0 Å². The monoisotopic (exact) mass is 209 g/mol. The maximum atomic E-state index is 12.5. The van der Waals surface area contributed by atoms with E-state index in [2.05, 4.69) is 10.3 Å². The number of carboxylic acids is 1. The molecule has 0 spiro atoms. The summed E-state index contributed by atoms with van der Waals surface area (Å²) in [5.41, 5.74) is -0.423. The van der Waals surface area contributed by atoms with Crippen molar-refractivity contribution in [3.05, 3.63) is 11.9 Å². The molecule has 78 valence electrons. The third kappa shape index (κ3) is 2.21. The Morgan fingerprint density at radius 1 is 1.57 bits per heavy atom. The van der Waals surface area contributed by atoms with Crippen molar-refractivity contribution in [2.45, 2.75) is 19.1 Å². The Morgan fingerprint density at radius 3 is 2.71 bits per heavy atom. The molecule has 0 amide bonds. The van der Waals surface area contributed by atoms with E-state index in [-0.39, 0.29) is 0 Å². The smallest absolute Gasteiger partial charge is 0.355 e. The Labute approximate surface area is 76.1 Å². The van der Waals surface area contributed by atoms with Crippen molar-refractivity contribution in [1.29, 1.82) is 0 Å². The van der Waals surface area contributed by atoms with Gasteiger partial charge in [0.25, 0.3) is 6.43 Å². The van der Waals surface area contributed by atoms with Gasteiger partial charge < -0.3 is 5.11 Å². The number of rotatable bonds is 4. The number of carboxylic acid groups (broad SMARTS) is 1. The summed E-state index contributed by atoms with van der Waals surface area (Å²) in [6.07, 6.45) is -4.75. The molecular weight excluding hydrogens is 203 g/mol. The maximum absolute atomic E-state index is 12.5. The van der Waals surface area contributed by atoms with E-state index in [0.29, 0.717) is 4.68 Å². The second kappa shape index (κ2) is 4.07. The van der Waals surface area contributed by atoms with Gasteiger partial charge in [-0.1, -0.05) is 5.21 Å². The number of hydrogen-bond donors (Lipinski definition) is 1. The fourth-order valence-corrected chi connectivity index (χ4v) is 0.803. The van der Waals surface area contributed by atoms with Gasteiger partial charge in [-0.15, -0.1) is 5.10 Å². The van der Waals surface area contributed by atoms with E-state index < -0.39 is 30.8 Å². The fraction of sp³-hybridized carbons (Fsp3) is 0.500. The Bertz CT molecular complexity index is 328. The van der Waals surface area contributed by atoms with Crippen molar-refractivity contribution in [3.63, 3.8) is 0 Å². The minimum Gasteiger partial charge on any atom is -0.476 e. The average molecular weight is 209 g/mol. The predicted molar refractivity (Wildman–Crippen MR) is 37.9 cm³/mol. The Balaban J connectivity index is 2.76. The van der Waals surface area contributed by atoms with E-state index in [1.54, 1.807) is 0 Å². The van der Waals surface area contributed by atoms with Gasteiger partial charge in [-0.3, -0.25) is 0 Å². The molecule has 1 heterocycles. The van der Waals surface area contributed by atoms with Crippen LogP contribution in [0, 0.1) is 0 Å². The van der Waals surface area contributed by atoms with Crippen LogP contribution in [0.15, 0.2) is 6.20 Å². The lowest BCUT2D eigenvalue weighted by Crippen LogP contribution is -2.22. The molecule has 1 aromatic heterocycles. The number of alkyl halides is 3. The lowest BCUT2D eigenvalue weighted by atomic mass is 10.4.